The van der Waals surface area contributed by atoms with E-state index >= 15 is 0 Å². The van der Waals surface area contributed by atoms with Gasteiger partial charge in [0, 0.05) is 0 Å². The molecule has 0 aliphatic rings. The van der Waals surface area contributed by atoms with E-state index in [1.165, 1.54) is 5.56 Å². The molecule has 0 saturated heterocycles. The van der Waals surface area contributed by atoms with E-state index in [1.807, 2.05) is 69.3 Å². The van der Waals surface area contributed by atoms with Gasteiger partial charge in [0.05, 0.1) is 19.8 Å². The van der Waals surface area contributed by atoms with Gasteiger partial charge in [-0.3, -0.25) is 0 Å². The minimum absolute atomic E-state index is 0.0143. The van der Waals surface area contributed by atoms with E-state index in [4.69, 9.17) is 19.3 Å². The van der Waals surface area contributed by atoms with E-state index < -0.39 is 0 Å². The lowest BCUT2D eigenvalue weighted by atomic mass is 10.2. The van der Waals surface area contributed by atoms with Gasteiger partial charge in [-0.05, 0) is 44.5 Å². The van der Waals surface area contributed by atoms with E-state index in [0.717, 1.165) is 18.1 Å². The van der Waals surface area contributed by atoms with Gasteiger partial charge in [-0.25, -0.2) is 0 Å². The number of para-hydroxylation sites is 3. The highest BCUT2D eigenvalue weighted by molar-refractivity contribution is 5.39. The molecule has 0 spiro atoms. The molecule has 126 valence electrons. The third kappa shape index (κ3) is 7.06. The molecule has 0 aliphatic carbocycles. The van der Waals surface area contributed by atoms with Crippen molar-refractivity contribution < 1.29 is 19.3 Å². The zero-order chi connectivity index (χ0) is 16.9. The predicted octanol–water partition coefficient (Wildman–Crippen LogP) is 3.85. The molecule has 0 radical (unpaired) electrons. The van der Waals surface area contributed by atoms with Crippen molar-refractivity contribution in [2.24, 2.45) is 0 Å². The van der Waals surface area contributed by atoms with Crippen molar-refractivity contribution in [2.75, 3.05) is 26.4 Å². The second-order valence-electron chi connectivity index (χ2n) is 4.65. The minimum Gasteiger partial charge on any atom is -0.494 e. The third-order valence-electron chi connectivity index (χ3n) is 2.89. The molecule has 2 aromatic rings. The summed E-state index contributed by atoms with van der Waals surface area (Å²) in [6.45, 7) is 7.62. The average molecular weight is 318 g/mol. The van der Waals surface area contributed by atoms with Crippen molar-refractivity contribution >= 4 is 0 Å². The van der Waals surface area contributed by atoms with Crippen molar-refractivity contribution in [1.82, 2.24) is 0 Å². The summed E-state index contributed by atoms with van der Waals surface area (Å²) in [7, 11) is 0. The van der Waals surface area contributed by atoms with Gasteiger partial charge in [0.25, 0.3) is 0 Å². The first-order chi connectivity index (χ1) is 11.2. The van der Waals surface area contributed by atoms with E-state index in [-0.39, 0.29) is 6.61 Å². The monoisotopic (exact) mass is 318 g/mol. The molecule has 0 bridgehead atoms. The lowest BCUT2D eigenvalue weighted by Gasteiger charge is -2.09. The molecule has 0 aromatic heterocycles. The van der Waals surface area contributed by atoms with Gasteiger partial charge >= 0.3 is 0 Å². The van der Waals surface area contributed by atoms with Crippen LogP contribution in [0.3, 0.4) is 0 Å². The van der Waals surface area contributed by atoms with Crippen molar-refractivity contribution in [3.63, 3.8) is 0 Å². The maximum Gasteiger partial charge on any atom is 0.161 e. The Hall–Kier alpha value is -2.20. The van der Waals surface area contributed by atoms with E-state index in [9.17, 15) is 0 Å². The summed E-state index contributed by atoms with van der Waals surface area (Å²) in [5.74, 6) is 2.39. The van der Waals surface area contributed by atoms with Crippen molar-refractivity contribution in [3.05, 3.63) is 54.1 Å². The van der Waals surface area contributed by atoms with Crippen LogP contribution in [0.2, 0.25) is 0 Å². The summed E-state index contributed by atoms with van der Waals surface area (Å²) in [6, 6.07) is 15.4. The third-order valence-corrected chi connectivity index (χ3v) is 2.89. The molecule has 0 fully saturated rings. The molecule has 2 aromatic carbocycles. The normalized spacial score (nSPS) is 9.57. The number of hydrogen-bond donors (Lipinski definition) is 1. The Morgan fingerprint density at radius 1 is 0.739 bits per heavy atom. The Morgan fingerprint density at radius 2 is 1.22 bits per heavy atom. The van der Waals surface area contributed by atoms with Crippen LogP contribution in [0.25, 0.3) is 0 Å². The molecule has 0 atom stereocenters. The minimum atomic E-state index is 0.0143. The smallest absolute Gasteiger partial charge is 0.161 e. The summed E-state index contributed by atoms with van der Waals surface area (Å²) in [5, 5.41) is 8.58. The molecule has 0 unspecified atom stereocenters. The molecule has 0 saturated carbocycles. The number of aliphatic hydroxyl groups excluding tert-OH is 1. The second-order valence-corrected chi connectivity index (χ2v) is 4.65. The number of aryl methyl sites for hydroxylation is 1. The number of rotatable bonds is 7. The standard InChI is InChI=1S/C10H14O3.C9H12O/c1-2-12-9-5-3-4-6-10(9)13-8-7-11;1-3-10-9-7-5-4-6-8(9)2/h3-6,11H,2,7-8H2,1H3;4-7H,3H2,1-2H3. The van der Waals surface area contributed by atoms with E-state index in [2.05, 4.69) is 0 Å². The molecule has 23 heavy (non-hydrogen) atoms. The van der Waals surface area contributed by atoms with Crippen LogP contribution >= 0.6 is 0 Å². The Balaban J connectivity index is 0.000000238. The molecule has 0 aliphatic heterocycles. The molecule has 1 N–H and O–H groups in total. The highest BCUT2D eigenvalue weighted by Crippen LogP contribution is 2.25. The predicted molar refractivity (Wildman–Crippen MR) is 92.5 cm³/mol. The first kappa shape index (κ1) is 18.8. The molecule has 2 rings (SSSR count). The fraction of sp³-hybridized carbons (Fsp3) is 0.368. The summed E-state index contributed by atoms with van der Waals surface area (Å²) in [5.41, 5.74) is 1.20. The van der Waals surface area contributed by atoms with Crippen LogP contribution in [0.1, 0.15) is 19.4 Å². The second kappa shape index (κ2) is 11.4. The first-order valence-electron chi connectivity index (χ1n) is 7.86. The Labute approximate surface area is 138 Å². The lowest BCUT2D eigenvalue weighted by molar-refractivity contribution is 0.194. The Morgan fingerprint density at radius 3 is 1.74 bits per heavy atom. The highest BCUT2D eigenvalue weighted by Gasteiger charge is 2.01. The zero-order valence-electron chi connectivity index (χ0n) is 14.1. The average Bonchev–Trinajstić information content (AvgIpc) is 2.57. The van der Waals surface area contributed by atoms with Crippen LogP contribution in [0.4, 0.5) is 0 Å². The first-order valence-corrected chi connectivity index (χ1v) is 7.86. The van der Waals surface area contributed by atoms with Crippen LogP contribution in [0, 0.1) is 6.92 Å². The SMILES string of the molecule is CCOc1ccccc1C.CCOc1ccccc1OCCO. The van der Waals surface area contributed by atoms with Crippen LogP contribution in [0.5, 0.6) is 17.2 Å². The topological polar surface area (TPSA) is 47.9 Å². The Kier molecular flexibility index (Phi) is 9.32. The number of ether oxygens (including phenoxy) is 3. The molecule has 0 heterocycles. The van der Waals surface area contributed by atoms with Gasteiger partial charge in [0.2, 0.25) is 0 Å². The van der Waals surface area contributed by atoms with E-state index in [1.54, 1.807) is 0 Å². The van der Waals surface area contributed by atoms with Gasteiger partial charge in [0.1, 0.15) is 12.4 Å². The number of benzene rings is 2. The van der Waals surface area contributed by atoms with Gasteiger partial charge in [-0.2, -0.15) is 0 Å². The van der Waals surface area contributed by atoms with Gasteiger partial charge in [-0.15, -0.1) is 0 Å². The number of aliphatic hydroxyl groups is 1. The van der Waals surface area contributed by atoms with E-state index in [0.29, 0.717) is 19.0 Å². The number of hydrogen-bond acceptors (Lipinski definition) is 4. The van der Waals surface area contributed by atoms with Crippen LogP contribution in [0.15, 0.2) is 48.5 Å². The fourth-order valence-electron chi connectivity index (χ4n) is 1.87. The largest absolute Gasteiger partial charge is 0.494 e. The maximum atomic E-state index is 8.58. The van der Waals surface area contributed by atoms with Gasteiger partial charge in [0.15, 0.2) is 11.5 Å². The van der Waals surface area contributed by atoms with Crippen LogP contribution in [-0.2, 0) is 0 Å². The summed E-state index contributed by atoms with van der Waals surface area (Å²) in [4.78, 5) is 0. The lowest BCUT2D eigenvalue weighted by Crippen LogP contribution is -2.03. The molecule has 4 heteroatoms. The van der Waals surface area contributed by atoms with Crippen LogP contribution < -0.4 is 14.2 Å². The maximum absolute atomic E-state index is 8.58. The zero-order valence-corrected chi connectivity index (χ0v) is 14.1. The van der Waals surface area contributed by atoms with Crippen molar-refractivity contribution in [3.8, 4) is 17.2 Å². The molecule has 4 nitrogen and oxygen atoms in total. The molecular formula is C19H26O4. The van der Waals surface area contributed by atoms with Gasteiger partial charge < -0.3 is 19.3 Å². The summed E-state index contributed by atoms with van der Waals surface area (Å²) >= 11 is 0. The van der Waals surface area contributed by atoms with Gasteiger partial charge in [-0.1, -0.05) is 30.3 Å². The van der Waals surface area contributed by atoms with Crippen LogP contribution in [-0.4, -0.2) is 31.5 Å². The van der Waals surface area contributed by atoms with Crippen molar-refractivity contribution in [1.29, 1.82) is 0 Å². The van der Waals surface area contributed by atoms with Crippen molar-refractivity contribution in [2.45, 2.75) is 20.8 Å². The quantitative estimate of drug-likeness (QED) is 0.842. The highest BCUT2D eigenvalue weighted by atomic mass is 16.5. The summed E-state index contributed by atoms with van der Waals surface area (Å²) in [6.07, 6.45) is 0. The summed E-state index contributed by atoms with van der Waals surface area (Å²) < 4.78 is 15.9. The Bertz CT molecular complexity index is 555. The molecule has 0 amide bonds. The molecular weight excluding hydrogens is 292 g/mol. The fourth-order valence-corrected chi connectivity index (χ4v) is 1.87.